The van der Waals surface area contributed by atoms with E-state index in [1.165, 1.54) is 96.3 Å². The number of carbonyl (C=O) groups excluding carboxylic acids is 2. The quantitative estimate of drug-likeness (QED) is 0.0290. The number of carbonyl (C=O) groups is 2. The molecule has 8 heteroatoms. The molecule has 0 heterocycles. The Labute approximate surface area is 306 Å². The number of allylic oxidation sites excluding steroid dienone is 6. The van der Waals surface area contributed by atoms with Crippen LogP contribution in [-0.4, -0.2) is 71.0 Å². The van der Waals surface area contributed by atoms with Gasteiger partial charge in [-0.25, -0.2) is 0 Å². The van der Waals surface area contributed by atoms with Gasteiger partial charge in [0.15, 0.2) is 0 Å². The molecule has 0 bridgehead atoms. The van der Waals surface area contributed by atoms with E-state index < -0.39 is 12.2 Å². The van der Waals surface area contributed by atoms with E-state index in [4.69, 9.17) is 29.9 Å². The van der Waals surface area contributed by atoms with E-state index in [9.17, 15) is 9.59 Å². The smallest absolute Gasteiger partial charge is 0.305 e. The largest absolute Gasteiger partial charge is 0.463 e. The molecule has 0 aliphatic carbocycles. The van der Waals surface area contributed by atoms with Crippen LogP contribution >= 0.6 is 0 Å². The number of aliphatic hydroxyl groups excluding tert-OH is 4. The van der Waals surface area contributed by atoms with Gasteiger partial charge in [0.1, 0.15) is 25.4 Å². The van der Waals surface area contributed by atoms with E-state index in [1.54, 1.807) is 0 Å². The summed E-state index contributed by atoms with van der Waals surface area (Å²) in [5, 5.41) is 35.4. The van der Waals surface area contributed by atoms with Crippen LogP contribution in [0.4, 0.5) is 0 Å². The summed E-state index contributed by atoms with van der Waals surface area (Å²) in [6.07, 6.45) is 41.2. The lowest BCUT2D eigenvalue weighted by molar-refractivity contribution is -0.148. The van der Waals surface area contributed by atoms with E-state index in [2.05, 4.69) is 50.3 Å². The van der Waals surface area contributed by atoms with Crippen LogP contribution in [0, 0.1) is 0 Å². The fourth-order valence-electron chi connectivity index (χ4n) is 5.05. The highest BCUT2D eigenvalue weighted by Crippen LogP contribution is 2.11. The van der Waals surface area contributed by atoms with Crippen molar-refractivity contribution >= 4 is 11.9 Å². The Morgan fingerprint density at radius 3 is 1.14 bits per heavy atom. The van der Waals surface area contributed by atoms with Crippen molar-refractivity contribution in [1.82, 2.24) is 0 Å². The van der Waals surface area contributed by atoms with Crippen molar-refractivity contribution in [3.05, 3.63) is 36.5 Å². The van der Waals surface area contributed by atoms with Crippen LogP contribution < -0.4 is 0 Å². The number of ether oxygens (including phenoxy) is 2. The second-order valence-corrected chi connectivity index (χ2v) is 13.4. The molecule has 0 aliphatic rings. The van der Waals surface area contributed by atoms with Crippen LogP contribution in [0.25, 0.3) is 0 Å². The number of unbranched alkanes of at least 4 members (excludes halogenated alkanes) is 19. The summed E-state index contributed by atoms with van der Waals surface area (Å²) in [6, 6.07) is 0. The Hall–Kier alpha value is -2.00. The molecule has 0 saturated carbocycles. The molecule has 0 aromatic carbocycles. The highest BCUT2D eigenvalue weighted by molar-refractivity contribution is 5.69. The summed E-state index contributed by atoms with van der Waals surface area (Å²) in [5.41, 5.74) is 0. The zero-order valence-corrected chi connectivity index (χ0v) is 32.3. The van der Waals surface area contributed by atoms with Crippen molar-refractivity contribution in [3.8, 4) is 0 Å². The number of hydrogen-bond donors (Lipinski definition) is 4. The van der Waals surface area contributed by atoms with Crippen LogP contribution in [0.2, 0.25) is 0 Å². The molecule has 2 atom stereocenters. The van der Waals surface area contributed by atoms with Gasteiger partial charge in [-0.1, -0.05) is 134 Å². The van der Waals surface area contributed by atoms with Gasteiger partial charge in [0.25, 0.3) is 0 Å². The molecular weight excluding hydrogens is 632 g/mol. The molecule has 0 radical (unpaired) electrons. The summed E-state index contributed by atoms with van der Waals surface area (Å²) < 4.78 is 9.71. The predicted molar refractivity (Wildman–Crippen MR) is 207 cm³/mol. The molecule has 4 N–H and O–H groups in total. The van der Waals surface area contributed by atoms with Gasteiger partial charge in [-0.3, -0.25) is 9.59 Å². The molecule has 0 fully saturated rings. The predicted octanol–water partition coefficient (Wildman–Crippen LogP) is 9.62. The summed E-state index contributed by atoms with van der Waals surface area (Å²) in [4.78, 5) is 22.7. The van der Waals surface area contributed by atoms with Crippen molar-refractivity contribution in [2.75, 3.05) is 26.4 Å². The van der Waals surface area contributed by atoms with E-state index in [0.717, 1.165) is 57.8 Å². The van der Waals surface area contributed by atoms with Crippen molar-refractivity contribution in [3.63, 3.8) is 0 Å². The maximum Gasteiger partial charge on any atom is 0.305 e. The normalized spacial score (nSPS) is 12.8. The minimum absolute atomic E-state index is 0.111. The lowest BCUT2D eigenvalue weighted by atomic mass is 10.1. The zero-order chi connectivity index (χ0) is 37.2. The van der Waals surface area contributed by atoms with E-state index in [-0.39, 0.29) is 38.4 Å². The molecule has 2 unspecified atom stereocenters. The van der Waals surface area contributed by atoms with Crippen LogP contribution in [0.3, 0.4) is 0 Å². The van der Waals surface area contributed by atoms with Crippen molar-refractivity contribution in [1.29, 1.82) is 0 Å². The average Bonchev–Trinajstić information content (AvgIpc) is 3.12. The molecule has 0 rings (SSSR count). The van der Waals surface area contributed by atoms with Crippen LogP contribution in [0.1, 0.15) is 181 Å². The molecule has 0 spiro atoms. The minimum atomic E-state index is -0.964. The molecule has 294 valence electrons. The highest BCUT2D eigenvalue weighted by Gasteiger charge is 2.08. The first-order valence-electron chi connectivity index (χ1n) is 20.2. The van der Waals surface area contributed by atoms with Crippen molar-refractivity contribution < 1.29 is 39.5 Å². The van der Waals surface area contributed by atoms with Crippen LogP contribution in [0.5, 0.6) is 0 Å². The van der Waals surface area contributed by atoms with Gasteiger partial charge in [-0.15, -0.1) is 0 Å². The summed E-state index contributed by atoms with van der Waals surface area (Å²) in [6.45, 7) is 3.50. The molecule has 8 nitrogen and oxygen atoms in total. The molecule has 0 aromatic heterocycles. The van der Waals surface area contributed by atoms with Gasteiger partial charge in [-0.05, 0) is 70.6 Å². The number of esters is 2. The SMILES string of the molecule is CCCCC/C=C\C/C=C\CCCCCCCC(=O)OCC(O)CO.CCCCCCCC/C=C\CCCCCCCC(=O)OCC(O)CO. The Balaban J connectivity index is 0. The molecule has 0 aliphatic heterocycles. The Bertz CT molecular complexity index is 795. The second kappa shape index (κ2) is 43.2. The first kappa shape index (κ1) is 50.1. The van der Waals surface area contributed by atoms with Gasteiger partial charge in [0, 0.05) is 12.8 Å². The van der Waals surface area contributed by atoms with Gasteiger partial charge in [0.05, 0.1) is 13.2 Å². The minimum Gasteiger partial charge on any atom is -0.463 e. The Kier molecular flexibility index (Phi) is 43.3. The van der Waals surface area contributed by atoms with Gasteiger partial charge >= 0.3 is 11.9 Å². The Morgan fingerprint density at radius 1 is 0.460 bits per heavy atom. The number of rotatable bonds is 35. The third-order valence-electron chi connectivity index (χ3n) is 8.27. The maximum atomic E-state index is 11.4. The van der Waals surface area contributed by atoms with Crippen molar-refractivity contribution in [2.45, 2.75) is 193 Å². The second-order valence-electron chi connectivity index (χ2n) is 13.4. The van der Waals surface area contributed by atoms with Gasteiger partial charge < -0.3 is 29.9 Å². The van der Waals surface area contributed by atoms with E-state index in [1.807, 2.05) is 0 Å². The lowest BCUT2D eigenvalue weighted by Gasteiger charge is -2.08. The standard InChI is InChI=1S/C21H40O4.C21H38O4/c2*1-2-3-4-5-6-7-8-9-10-11-12-13-14-15-16-17-21(24)25-19-20(23)18-22/h9-10,20,22-23H,2-8,11-19H2,1H3;6-7,9-10,20,22-23H,2-5,8,11-19H2,1H3/b10-9-;7-6-,10-9-. The number of hydrogen-bond acceptors (Lipinski definition) is 8. The summed E-state index contributed by atoms with van der Waals surface area (Å²) >= 11 is 0. The first-order valence-corrected chi connectivity index (χ1v) is 20.2. The van der Waals surface area contributed by atoms with E-state index in [0.29, 0.717) is 12.8 Å². The fraction of sp³-hybridized carbons (Fsp3) is 0.810. The summed E-state index contributed by atoms with van der Waals surface area (Å²) in [7, 11) is 0. The van der Waals surface area contributed by atoms with Crippen LogP contribution in [-0.2, 0) is 19.1 Å². The Morgan fingerprint density at radius 2 is 0.760 bits per heavy atom. The fourth-order valence-corrected chi connectivity index (χ4v) is 5.05. The van der Waals surface area contributed by atoms with Gasteiger partial charge in [-0.2, -0.15) is 0 Å². The third kappa shape index (κ3) is 44.0. The maximum absolute atomic E-state index is 11.4. The topological polar surface area (TPSA) is 134 Å². The average molecular weight is 711 g/mol. The highest BCUT2D eigenvalue weighted by atomic mass is 16.5. The first-order chi connectivity index (χ1) is 24.4. The molecule has 0 amide bonds. The summed E-state index contributed by atoms with van der Waals surface area (Å²) in [5.74, 6) is -0.580. The van der Waals surface area contributed by atoms with Crippen LogP contribution in [0.15, 0.2) is 36.5 Å². The van der Waals surface area contributed by atoms with Crippen molar-refractivity contribution in [2.24, 2.45) is 0 Å². The number of aliphatic hydroxyl groups is 4. The van der Waals surface area contributed by atoms with E-state index >= 15 is 0 Å². The molecular formula is C42H78O8. The molecule has 50 heavy (non-hydrogen) atoms. The third-order valence-corrected chi connectivity index (χ3v) is 8.27. The monoisotopic (exact) mass is 711 g/mol. The van der Waals surface area contributed by atoms with Gasteiger partial charge in [0.2, 0.25) is 0 Å². The molecule has 0 aromatic rings. The zero-order valence-electron chi connectivity index (χ0n) is 32.3. The molecule has 0 saturated heterocycles. The lowest BCUT2D eigenvalue weighted by Crippen LogP contribution is -2.21.